The molecule has 0 spiro atoms. The molecule has 1 aromatic carbocycles. The fourth-order valence-corrected chi connectivity index (χ4v) is 1.49. The number of hydrazine groups is 1. The van der Waals surface area contributed by atoms with E-state index in [4.69, 9.17) is 9.84 Å². The van der Waals surface area contributed by atoms with Crippen molar-refractivity contribution in [2.24, 2.45) is 0 Å². The number of hydrogen-bond acceptors (Lipinski definition) is 5. The van der Waals surface area contributed by atoms with Crippen molar-refractivity contribution in [2.75, 3.05) is 0 Å². The molecule has 0 aromatic heterocycles. The van der Waals surface area contributed by atoms with Gasteiger partial charge in [-0.15, -0.1) is 0 Å². The first-order valence-corrected chi connectivity index (χ1v) is 5.33. The molecule has 1 aromatic rings. The topological polar surface area (TPSA) is 87.7 Å². The van der Waals surface area contributed by atoms with Crippen LogP contribution in [-0.4, -0.2) is 22.9 Å². The third-order valence-electron chi connectivity index (χ3n) is 2.42. The minimum atomic E-state index is -1.32. The number of Topliss-reactive ketones (excluding diaryl/α,β-unsaturated/α-hetero) is 1. The van der Waals surface area contributed by atoms with E-state index in [2.05, 4.69) is 10.9 Å². The molecule has 1 aliphatic rings. The maximum Gasteiger partial charge on any atom is 0.330 e. The van der Waals surface area contributed by atoms with Crippen molar-refractivity contribution in [3.63, 3.8) is 0 Å². The van der Waals surface area contributed by atoms with Gasteiger partial charge in [-0.2, -0.15) is 0 Å². The highest BCUT2D eigenvalue weighted by molar-refractivity contribution is 6.10. The zero-order chi connectivity index (χ0) is 13.0. The van der Waals surface area contributed by atoms with Crippen LogP contribution in [0.3, 0.4) is 0 Å². The molecule has 2 rings (SSSR count). The number of aliphatic carboxylic acids is 1. The smallest absolute Gasteiger partial charge is 0.330 e. The molecule has 1 heterocycles. The van der Waals surface area contributed by atoms with Crippen molar-refractivity contribution >= 4 is 11.8 Å². The summed E-state index contributed by atoms with van der Waals surface area (Å²) in [5.74, 6) is -1.84. The molecule has 6 nitrogen and oxygen atoms in total. The Morgan fingerprint density at radius 2 is 2.06 bits per heavy atom. The zero-order valence-corrected chi connectivity index (χ0v) is 9.42. The van der Waals surface area contributed by atoms with Crippen molar-refractivity contribution < 1.29 is 19.4 Å². The molecule has 18 heavy (non-hydrogen) atoms. The van der Waals surface area contributed by atoms with Crippen LogP contribution < -0.4 is 10.9 Å². The van der Waals surface area contributed by atoms with E-state index in [0.29, 0.717) is 0 Å². The van der Waals surface area contributed by atoms with Gasteiger partial charge in [-0.25, -0.2) is 10.2 Å². The molecule has 0 saturated heterocycles. The summed E-state index contributed by atoms with van der Waals surface area (Å²) in [5.41, 5.74) is 5.73. The Hall–Kier alpha value is -2.34. The third kappa shape index (κ3) is 2.67. The van der Waals surface area contributed by atoms with Gasteiger partial charge in [0.25, 0.3) is 0 Å². The molecule has 0 fully saturated rings. The summed E-state index contributed by atoms with van der Waals surface area (Å²) in [5, 5.41) is 8.81. The molecule has 0 amide bonds. The normalized spacial score (nSPS) is 18.8. The Bertz CT molecular complexity index is 484. The lowest BCUT2D eigenvalue weighted by molar-refractivity contribution is -0.144. The Morgan fingerprint density at radius 1 is 1.33 bits per heavy atom. The van der Waals surface area contributed by atoms with E-state index in [1.54, 1.807) is 0 Å². The van der Waals surface area contributed by atoms with Gasteiger partial charge in [0.2, 0.25) is 5.78 Å². The van der Waals surface area contributed by atoms with E-state index in [0.717, 1.165) is 5.56 Å². The number of carbonyl (C=O) groups is 2. The number of carboxylic acids is 1. The Labute approximate surface area is 103 Å². The van der Waals surface area contributed by atoms with Gasteiger partial charge in [-0.05, 0) is 5.56 Å². The average molecular weight is 248 g/mol. The zero-order valence-electron chi connectivity index (χ0n) is 9.42. The molecule has 6 heteroatoms. The van der Waals surface area contributed by atoms with Crippen LogP contribution in [0.1, 0.15) is 5.56 Å². The quantitative estimate of drug-likeness (QED) is 0.659. The number of rotatable bonds is 4. The fraction of sp³-hybridized carbons (Fsp3) is 0.167. The summed E-state index contributed by atoms with van der Waals surface area (Å²) in [6, 6.07) is 7.98. The van der Waals surface area contributed by atoms with Crippen LogP contribution in [0.15, 0.2) is 42.3 Å². The number of carboxylic acid groups (broad SMARTS) is 1. The van der Waals surface area contributed by atoms with E-state index < -0.39 is 17.8 Å². The van der Waals surface area contributed by atoms with Crippen LogP contribution >= 0.6 is 0 Å². The number of carbonyl (C=O) groups excluding carboxylic acids is 1. The van der Waals surface area contributed by atoms with Gasteiger partial charge in [-0.3, -0.25) is 4.79 Å². The van der Waals surface area contributed by atoms with Gasteiger partial charge in [0.1, 0.15) is 6.61 Å². The lowest BCUT2D eigenvalue weighted by atomic mass is 10.1. The van der Waals surface area contributed by atoms with E-state index in [-0.39, 0.29) is 12.4 Å². The van der Waals surface area contributed by atoms with Crippen molar-refractivity contribution in [1.29, 1.82) is 0 Å². The van der Waals surface area contributed by atoms with E-state index in [9.17, 15) is 9.59 Å². The average Bonchev–Trinajstić information content (AvgIpc) is 2.38. The van der Waals surface area contributed by atoms with Crippen molar-refractivity contribution in [3.05, 3.63) is 47.9 Å². The highest BCUT2D eigenvalue weighted by Crippen LogP contribution is 2.10. The Balaban J connectivity index is 1.99. The number of benzene rings is 1. The second-order valence-corrected chi connectivity index (χ2v) is 3.71. The number of nitrogens with one attached hydrogen (secondary N) is 2. The van der Waals surface area contributed by atoms with Crippen LogP contribution in [0.2, 0.25) is 0 Å². The van der Waals surface area contributed by atoms with Crippen LogP contribution in [-0.2, 0) is 20.9 Å². The lowest BCUT2D eigenvalue weighted by Crippen LogP contribution is -2.52. The first-order valence-electron chi connectivity index (χ1n) is 5.33. The maximum absolute atomic E-state index is 11.7. The van der Waals surface area contributed by atoms with Gasteiger partial charge >= 0.3 is 5.97 Å². The lowest BCUT2D eigenvalue weighted by Gasteiger charge is -2.20. The van der Waals surface area contributed by atoms with Gasteiger partial charge in [0.15, 0.2) is 11.8 Å². The van der Waals surface area contributed by atoms with Gasteiger partial charge < -0.3 is 15.3 Å². The third-order valence-corrected chi connectivity index (χ3v) is 2.42. The molecule has 0 aliphatic carbocycles. The second-order valence-electron chi connectivity index (χ2n) is 3.71. The van der Waals surface area contributed by atoms with Crippen molar-refractivity contribution in [3.8, 4) is 0 Å². The monoisotopic (exact) mass is 248 g/mol. The number of ketones is 1. The summed E-state index contributed by atoms with van der Waals surface area (Å²) < 4.78 is 5.31. The van der Waals surface area contributed by atoms with E-state index >= 15 is 0 Å². The molecule has 0 bridgehead atoms. The number of hydrogen-bond donors (Lipinski definition) is 3. The summed E-state index contributed by atoms with van der Waals surface area (Å²) in [7, 11) is 0. The van der Waals surface area contributed by atoms with Crippen LogP contribution in [0.25, 0.3) is 0 Å². The molecule has 0 saturated carbocycles. The largest absolute Gasteiger partial charge is 0.484 e. The van der Waals surface area contributed by atoms with E-state index in [1.807, 2.05) is 30.3 Å². The number of ether oxygens (including phenoxy) is 1. The van der Waals surface area contributed by atoms with Gasteiger partial charge in [0, 0.05) is 0 Å². The highest BCUT2D eigenvalue weighted by Gasteiger charge is 2.32. The summed E-state index contributed by atoms with van der Waals surface area (Å²) in [6.07, 6.45) is 1.31. The molecule has 1 atom stereocenters. The standard InChI is InChI=1S/C12H12N2O4/c15-11-9(6-13-14-10(11)12(16)17)18-7-8-4-2-1-3-5-8/h1-6,10,13-14H,7H2,(H,16,17). The predicted molar refractivity (Wildman–Crippen MR) is 62.0 cm³/mol. The van der Waals surface area contributed by atoms with Gasteiger partial charge in [-0.1, -0.05) is 30.3 Å². The first kappa shape index (κ1) is 12.1. The summed E-state index contributed by atoms with van der Waals surface area (Å²) >= 11 is 0. The fourth-order valence-electron chi connectivity index (χ4n) is 1.49. The van der Waals surface area contributed by atoms with Crippen LogP contribution in [0.5, 0.6) is 0 Å². The molecule has 1 unspecified atom stereocenters. The summed E-state index contributed by atoms with van der Waals surface area (Å²) in [4.78, 5) is 22.5. The van der Waals surface area contributed by atoms with Crippen LogP contribution in [0, 0.1) is 0 Å². The van der Waals surface area contributed by atoms with E-state index in [1.165, 1.54) is 6.20 Å². The molecule has 3 N–H and O–H groups in total. The minimum Gasteiger partial charge on any atom is -0.484 e. The minimum absolute atomic E-state index is 0.00463. The maximum atomic E-state index is 11.7. The summed E-state index contributed by atoms with van der Waals surface area (Å²) in [6.45, 7) is 0.215. The molecular weight excluding hydrogens is 236 g/mol. The molecule has 94 valence electrons. The SMILES string of the molecule is O=C(O)C1NNC=C(OCc2ccccc2)C1=O. The molecule has 1 aliphatic heterocycles. The van der Waals surface area contributed by atoms with Crippen molar-refractivity contribution in [1.82, 2.24) is 10.9 Å². The highest BCUT2D eigenvalue weighted by atomic mass is 16.5. The second kappa shape index (κ2) is 5.33. The predicted octanol–water partition coefficient (Wildman–Crippen LogP) is 0.175. The molecule has 0 radical (unpaired) electrons. The first-order chi connectivity index (χ1) is 8.68. The molecular formula is C12H12N2O4. The Kier molecular flexibility index (Phi) is 3.59. The van der Waals surface area contributed by atoms with Gasteiger partial charge in [0.05, 0.1) is 6.20 Å². The Morgan fingerprint density at radius 3 is 2.72 bits per heavy atom. The van der Waals surface area contributed by atoms with Crippen molar-refractivity contribution in [2.45, 2.75) is 12.6 Å². The van der Waals surface area contributed by atoms with Crippen LogP contribution in [0.4, 0.5) is 0 Å².